The Morgan fingerprint density at radius 3 is 2.38 bits per heavy atom. The standard InChI is InChI=1S/C15H12BrF3O2/c1-9-7-11(5-6-13(9)16)14(20)10-3-2-4-12(8-10)21-15(17,18)19/h2-8,14,20H,1H3. The Labute approximate surface area is 128 Å². The van der Waals surface area contributed by atoms with Gasteiger partial charge in [-0.2, -0.15) is 0 Å². The average Bonchev–Trinajstić information content (AvgIpc) is 2.39. The quantitative estimate of drug-likeness (QED) is 0.856. The number of hydrogen-bond donors (Lipinski definition) is 1. The van der Waals surface area contributed by atoms with Crippen LogP contribution in [0.5, 0.6) is 5.75 Å². The summed E-state index contributed by atoms with van der Waals surface area (Å²) in [5.41, 5.74) is 1.85. The molecule has 0 amide bonds. The van der Waals surface area contributed by atoms with Crippen LogP contribution in [0.15, 0.2) is 46.9 Å². The van der Waals surface area contributed by atoms with Crippen molar-refractivity contribution in [1.29, 1.82) is 0 Å². The lowest BCUT2D eigenvalue weighted by Gasteiger charge is -2.15. The molecule has 2 aromatic carbocycles. The van der Waals surface area contributed by atoms with Gasteiger partial charge >= 0.3 is 6.36 Å². The zero-order chi connectivity index (χ0) is 15.6. The molecule has 0 aliphatic carbocycles. The number of benzene rings is 2. The first-order valence-corrected chi connectivity index (χ1v) is 6.85. The molecular formula is C15H12BrF3O2. The summed E-state index contributed by atoms with van der Waals surface area (Å²) in [6.45, 7) is 1.86. The van der Waals surface area contributed by atoms with Crippen molar-refractivity contribution in [1.82, 2.24) is 0 Å². The first kappa shape index (κ1) is 15.9. The molecular weight excluding hydrogens is 349 g/mol. The summed E-state index contributed by atoms with van der Waals surface area (Å²) in [6, 6.07) is 10.6. The molecule has 2 nitrogen and oxygen atoms in total. The largest absolute Gasteiger partial charge is 0.573 e. The van der Waals surface area contributed by atoms with E-state index in [2.05, 4.69) is 20.7 Å². The van der Waals surface area contributed by atoms with Crippen molar-refractivity contribution in [2.24, 2.45) is 0 Å². The van der Waals surface area contributed by atoms with E-state index in [0.29, 0.717) is 11.1 Å². The summed E-state index contributed by atoms with van der Waals surface area (Å²) >= 11 is 3.35. The van der Waals surface area contributed by atoms with Gasteiger partial charge in [0.2, 0.25) is 0 Å². The molecule has 1 unspecified atom stereocenters. The van der Waals surface area contributed by atoms with E-state index in [0.717, 1.165) is 10.0 Å². The number of aliphatic hydroxyl groups excluding tert-OH is 1. The smallest absolute Gasteiger partial charge is 0.406 e. The second-order valence-electron chi connectivity index (χ2n) is 4.53. The van der Waals surface area contributed by atoms with Gasteiger partial charge in [0, 0.05) is 4.47 Å². The third-order valence-corrected chi connectivity index (χ3v) is 3.79. The maximum atomic E-state index is 12.2. The second-order valence-corrected chi connectivity index (χ2v) is 5.39. The average molecular weight is 361 g/mol. The Morgan fingerprint density at radius 2 is 1.76 bits per heavy atom. The molecule has 0 bridgehead atoms. The Bertz CT molecular complexity index is 641. The van der Waals surface area contributed by atoms with Crippen molar-refractivity contribution in [3.8, 4) is 5.75 Å². The van der Waals surface area contributed by atoms with E-state index in [1.165, 1.54) is 18.2 Å². The lowest BCUT2D eigenvalue weighted by Crippen LogP contribution is -2.17. The predicted octanol–water partition coefficient (Wildman–Crippen LogP) is 4.74. The van der Waals surface area contributed by atoms with Gasteiger partial charge in [-0.05, 0) is 41.8 Å². The predicted molar refractivity (Wildman–Crippen MR) is 76.1 cm³/mol. The van der Waals surface area contributed by atoms with Crippen LogP contribution in [-0.4, -0.2) is 11.5 Å². The second kappa shape index (κ2) is 6.07. The lowest BCUT2D eigenvalue weighted by molar-refractivity contribution is -0.274. The minimum Gasteiger partial charge on any atom is -0.406 e. The fraction of sp³-hybridized carbons (Fsp3) is 0.200. The molecule has 2 aromatic rings. The molecule has 0 fully saturated rings. The number of ether oxygens (including phenoxy) is 1. The fourth-order valence-electron chi connectivity index (χ4n) is 1.91. The van der Waals surface area contributed by atoms with Crippen molar-refractivity contribution in [3.63, 3.8) is 0 Å². The molecule has 0 radical (unpaired) electrons. The monoisotopic (exact) mass is 360 g/mol. The minimum absolute atomic E-state index is 0.332. The number of hydrogen-bond acceptors (Lipinski definition) is 2. The first-order valence-electron chi connectivity index (χ1n) is 6.06. The van der Waals surface area contributed by atoms with Crippen LogP contribution in [-0.2, 0) is 0 Å². The van der Waals surface area contributed by atoms with Gasteiger partial charge in [-0.3, -0.25) is 0 Å². The topological polar surface area (TPSA) is 29.5 Å². The zero-order valence-corrected chi connectivity index (χ0v) is 12.6. The maximum absolute atomic E-state index is 12.2. The summed E-state index contributed by atoms with van der Waals surface area (Å²) < 4.78 is 41.4. The van der Waals surface area contributed by atoms with Gasteiger partial charge in [0.1, 0.15) is 11.9 Å². The Kier molecular flexibility index (Phi) is 4.58. The molecule has 2 rings (SSSR count). The van der Waals surface area contributed by atoms with Crippen LogP contribution in [0.4, 0.5) is 13.2 Å². The van der Waals surface area contributed by atoms with E-state index in [9.17, 15) is 18.3 Å². The summed E-state index contributed by atoms with van der Waals surface area (Å²) in [5, 5.41) is 10.3. The summed E-state index contributed by atoms with van der Waals surface area (Å²) in [4.78, 5) is 0. The molecule has 0 spiro atoms. The number of aryl methyl sites for hydroxylation is 1. The van der Waals surface area contributed by atoms with Gasteiger partial charge in [-0.1, -0.05) is 40.2 Å². The van der Waals surface area contributed by atoms with E-state index in [4.69, 9.17) is 0 Å². The Balaban J connectivity index is 2.28. The normalized spacial score (nSPS) is 13.0. The van der Waals surface area contributed by atoms with E-state index in [1.54, 1.807) is 24.3 Å². The highest BCUT2D eigenvalue weighted by Gasteiger charge is 2.31. The van der Waals surface area contributed by atoms with Crippen molar-refractivity contribution in [2.75, 3.05) is 0 Å². The molecule has 1 atom stereocenters. The third kappa shape index (κ3) is 4.22. The van der Waals surface area contributed by atoms with E-state index < -0.39 is 12.5 Å². The first-order chi connectivity index (χ1) is 9.76. The van der Waals surface area contributed by atoms with Crippen LogP contribution in [0.1, 0.15) is 22.8 Å². The van der Waals surface area contributed by atoms with Crippen molar-refractivity contribution in [2.45, 2.75) is 19.4 Å². The summed E-state index contributed by atoms with van der Waals surface area (Å²) in [7, 11) is 0. The number of rotatable bonds is 3. The fourth-order valence-corrected chi connectivity index (χ4v) is 2.16. The van der Waals surface area contributed by atoms with Gasteiger partial charge in [0.15, 0.2) is 0 Å². The molecule has 0 aliphatic heterocycles. The van der Waals surface area contributed by atoms with Crippen LogP contribution in [0.2, 0.25) is 0 Å². The van der Waals surface area contributed by atoms with Crippen LogP contribution in [0.25, 0.3) is 0 Å². The highest BCUT2D eigenvalue weighted by molar-refractivity contribution is 9.10. The van der Waals surface area contributed by atoms with Gasteiger partial charge in [0.25, 0.3) is 0 Å². The van der Waals surface area contributed by atoms with E-state index in [-0.39, 0.29) is 5.75 Å². The number of halogens is 4. The number of alkyl halides is 3. The highest BCUT2D eigenvalue weighted by atomic mass is 79.9. The van der Waals surface area contributed by atoms with Crippen LogP contribution < -0.4 is 4.74 Å². The minimum atomic E-state index is -4.75. The SMILES string of the molecule is Cc1cc(C(O)c2cccc(OC(F)(F)F)c2)ccc1Br. The van der Waals surface area contributed by atoms with Crippen LogP contribution in [0, 0.1) is 6.92 Å². The van der Waals surface area contributed by atoms with Gasteiger partial charge in [0.05, 0.1) is 0 Å². The van der Waals surface area contributed by atoms with E-state index in [1.807, 2.05) is 6.92 Å². The molecule has 21 heavy (non-hydrogen) atoms. The van der Waals surface area contributed by atoms with Crippen LogP contribution in [0.3, 0.4) is 0 Å². The van der Waals surface area contributed by atoms with Crippen molar-refractivity contribution in [3.05, 3.63) is 63.6 Å². The van der Waals surface area contributed by atoms with E-state index >= 15 is 0 Å². The molecule has 0 saturated heterocycles. The molecule has 0 aromatic heterocycles. The van der Waals surface area contributed by atoms with Crippen molar-refractivity contribution < 1.29 is 23.0 Å². The maximum Gasteiger partial charge on any atom is 0.573 e. The summed E-state index contributed by atoms with van der Waals surface area (Å²) in [5.74, 6) is -0.354. The van der Waals surface area contributed by atoms with Crippen LogP contribution >= 0.6 is 15.9 Å². The Hall–Kier alpha value is -1.53. The Morgan fingerprint density at radius 1 is 1.10 bits per heavy atom. The molecule has 6 heteroatoms. The molecule has 0 aliphatic rings. The molecule has 0 heterocycles. The molecule has 0 saturated carbocycles. The van der Waals surface area contributed by atoms with Gasteiger partial charge in [-0.25, -0.2) is 0 Å². The zero-order valence-electron chi connectivity index (χ0n) is 11.0. The molecule has 112 valence electrons. The number of aliphatic hydroxyl groups is 1. The highest BCUT2D eigenvalue weighted by Crippen LogP contribution is 2.29. The van der Waals surface area contributed by atoms with Gasteiger partial charge in [-0.15, -0.1) is 13.2 Å². The van der Waals surface area contributed by atoms with Crippen molar-refractivity contribution >= 4 is 15.9 Å². The van der Waals surface area contributed by atoms with Gasteiger partial charge < -0.3 is 9.84 Å². The molecule has 1 N–H and O–H groups in total. The third-order valence-electron chi connectivity index (χ3n) is 2.91. The summed E-state index contributed by atoms with van der Waals surface area (Å²) in [6.07, 6.45) is -5.77. The lowest BCUT2D eigenvalue weighted by atomic mass is 10.00.